The lowest BCUT2D eigenvalue weighted by Crippen LogP contribution is -2.40. The maximum atomic E-state index is 13.1. The molecule has 12 heteroatoms. The number of aromatic nitrogens is 3. The van der Waals surface area contributed by atoms with Crippen LogP contribution in [0.2, 0.25) is 0 Å². The van der Waals surface area contributed by atoms with Crippen molar-refractivity contribution in [1.29, 1.82) is 0 Å². The van der Waals surface area contributed by atoms with Gasteiger partial charge in [0.2, 0.25) is 0 Å². The molecule has 0 radical (unpaired) electrons. The molecule has 0 aliphatic rings. The standard InChI is InChI=1S/C19H13BrF3N3O5/c1-25-15(19(21,22)23)10-16(28)26(18(25)29)11-4-5-12(20)14(9-11)31-13-3-2-6-24-17(13)30-8-7-27/h2-7,9-10H,8H2,1H3. The summed E-state index contributed by atoms with van der Waals surface area (Å²) in [7, 11) is 0.920. The zero-order valence-corrected chi connectivity index (χ0v) is 17.3. The monoisotopic (exact) mass is 499 g/mol. The first-order valence-corrected chi connectivity index (χ1v) is 9.32. The predicted octanol–water partition coefficient (Wildman–Crippen LogP) is 3.08. The summed E-state index contributed by atoms with van der Waals surface area (Å²) in [6.07, 6.45) is -2.91. The maximum absolute atomic E-state index is 13.1. The molecule has 0 atom stereocenters. The molecule has 2 aromatic heterocycles. The molecule has 0 aliphatic heterocycles. The molecule has 0 bridgehead atoms. The van der Waals surface area contributed by atoms with Crippen molar-refractivity contribution in [1.82, 2.24) is 14.1 Å². The van der Waals surface area contributed by atoms with Crippen LogP contribution >= 0.6 is 15.9 Å². The van der Waals surface area contributed by atoms with Gasteiger partial charge in [0.25, 0.3) is 11.4 Å². The van der Waals surface area contributed by atoms with Gasteiger partial charge in [0.05, 0.1) is 10.2 Å². The van der Waals surface area contributed by atoms with Crippen LogP contribution in [0, 0.1) is 0 Å². The molecule has 8 nitrogen and oxygen atoms in total. The van der Waals surface area contributed by atoms with E-state index in [0.717, 1.165) is 7.05 Å². The largest absolute Gasteiger partial charge is 0.467 e. The molecule has 2 heterocycles. The van der Waals surface area contributed by atoms with Crippen LogP contribution in [-0.4, -0.2) is 27.0 Å². The molecule has 31 heavy (non-hydrogen) atoms. The van der Waals surface area contributed by atoms with E-state index in [-0.39, 0.29) is 29.7 Å². The number of carbonyl (C=O) groups excluding carboxylic acids is 1. The van der Waals surface area contributed by atoms with Gasteiger partial charge >= 0.3 is 11.9 Å². The number of carbonyl (C=O) groups is 1. The van der Waals surface area contributed by atoms with Gasteiger partial charge in [-0.25, -0.2) is 14.3 Å². The van der Waals surface area contributed by atoms with Crippen LogP contribution in [0.5, 0.6) is 17.4 Å². The number of aldehydes is 1. The van der Waals surface area contributed by atoms with Crippen molar-refractivity contribution in [3.05, 3.63) is 73.6 Å². The third-order valence-corrected chi connectivity index (χ3v) is 4.68. The Bertz CT molecular complexity index is 1250. The van der Waals surface area contributed by atoms with E-state index >= 15 is 0 Å². The van der Waals surface area contributed by atoms with Gasteiger partial charge in [-0.05, 0) is 40.2 Å². The van der Waals surface area contributed by atoms with Crippen molar-refractivity contribution in [3.8, 4) is 23.1 Å². The molecule has 0 saturated heterocycles. The highest BCUT2D eigenvalue weighted by Crippen LogP contribution is 2.35. The second-order valence-corrected chi connectivity index (χ2v) is 6.90. The molecule has 0 fully saturated rings. The number of hydrogen-bond acceptors (Lipinski definition) is 6. The van der Waals surface area contributed by atoms with Crippen LogP contribution in [0.4, 0.5) is 13.2 Å². The SMILES string of the molecule is Cn1c(C(F)(F)F)cc(=O)n(-c2ccc(Br)c(Oc3cccnc3OCC=O)c2)c1=O. The van der Waals surface area contributed by atoms with E-state index in [0.29, 0.717) is 26.0 Å². The van der Waals surface area contributed by atoms with Crippen LogP contribution in [0.25, 0.3) is 5.69 Å². The van der Waals surface area contributed by atoms with Crippen molar-refractivity contribution in [2.24, 2.45) is 7.05 Å². The maximum Gasteiger partial charge on any atom is 0.431 e. The van der Waals surface area contributed by atoms with E-state index in [1.54, 1.807) is 6.07 Å². The second-order valence-electron chi connectivity index (χ2n) is 6.04. The van der Waals surface area contributed by atoms with Crippen LogP contribution in [0.15, 0.2) is 56.7 Å². The summed E-state index contributed by atoms with van der Waals surface area (Å²) in [5.74, 6) is 0.277. The number of alkyl halides is 3. The molecule has 0 saturated carbocycles. The molecule has 0 N–H and O–H groups in total. The lowest BCUT2D eigenvalue weighted by Gasteiger charge is -2.15. The molecule has 3 rings (SSSR count). The fraction of sp³-hybridized carbons (Fsp3) is 0.158. The molecule has 0 unspecified atom stereocenters. The summed E-state index contributed by atoms with van der Waals surface area (Å²) in [6, 6.07) is 7.51. The van der Waals surface area contributed by atoms with Gasteiger partial charge in [-0.2, -0.15) is 13.2 Å². The number of rotatable bonds is 6. The minimum absolute atomic E-state index is 0.0169. The molecule has 3 aromatic rings. The first-order valence-electron chi connectivity index (χ1n) is 8.53. The van der Waals surface area contributed by atoms with E-state index in [4.69, 9.17) is 9.47 Å². The number of nitrogens with zero attached hydrogens (tertiary/aromatic N) is 3. The van der Waals surface area contributed by atoms with Gasteiger partial charge in [-0.1, -0.05) is 0 Å². The second kappa shape index (κ2) is 8.76. The molecule has 0 aliphatic carbocycles. The van der Waals surface area contributed by atoms with Gasteiger partial charge < -0.3 is 9.47 Å². The van der Waals surface area contributed by atoms with Gasteiger partial charge in [0.1, 0.15) is 18.1 Å². The summed E-state index contributed by atoms with van der Waals surface area (Å²) >= 11 is 3.27. The van der Waals surface area contributed by atoms with Crippen molar-refractivity contribution in [2.45, 2.75) is 6.18 Å². The van der Waals surface area contributed by atoms with E-state index in [9.17, 15) is 27.6 Å². The lowest BCUT2D eigenvalue weighted by molar-refractivity contribution is -0.144. The Morgan fingerprint density at radius 2 is 1.90 bits per heavy atom. The van der Waals surface area contributed by atoms with E-state index in [1.807, 2.05) is 0 Å². The van der Waals surface area contributed by atoms with Crippen LogP contribution in [-0.2, 0) is 18.0 Å². The lowest BCUT2D eigenvalue weighted by atomic mass is 10.3. The van der Waals surface area contributed by atoms with E-state index in [1.165, 1.54) is 30.5 Å². The normalized spacial score (nSPS) is 11.3. The Hall–Kier alpha value is -3.41. The summed E-state index contributed by atoms with van der Waals surface area (Å²) in [5, 5.41) is 0. The average molecular weight is 500 g/mol. The third kappa shape index (κ3) is 4.68. The van der Waals surface area contributed by atoms with Gasteiger partial charge in [-0.3, -0.25) is 14.2 Å². The Morgan fingerprint density at radius 1 is 1.16 bits per heavy atom. The van der Waals surface area contributed by atoms with E-state index in [2.05, 4.69) is 20.9 Å². The highest BCUT2D eigenvalue weighted by molar-refractivity contribution is 9.10. The summed E-state index contributed by atoms with van der Waals surface area (Å²) in [6.45, 7) is -0.258. The zero-order chi connectivity index (χ0) is 22.8. The first-order chi connectivity index (χ1) is 14.6. The zero-order valence-electron chi connectivity index (χ0n) is 15.7. The molecule has 0 spiro atoms. The fourth-order valence-electron chi connectivity index (χ4n) is 2.64. The number of hydrogen-bond donors (Lipinski definition) is 0. The quantitative estimate of drug-likeness (QED) is 0.484. The molecule has 0 amide bonds. The Morgan fingerprint density at radius 3 is 2.58 bits per heavy atom. The van der Waals surface area contributed by atoms with Gasteiger partial charge in [-0.15, -0.1) is 0 Å². The smallest absolute Gasteiger partial charge is 0.431 e. The minimum atomic E-state index is -4.86. The minimum Gasteiger partial charge on any atom is -0.467 e. The van der Waals surface area contributed by atoms with Crippen molar-refractivity contribution < 1.29 is 27.4 Å². The summed E-state index contributed by atoms with van der Waals surface area (Å²) < 4.78 is 51.4. The number of benzene rings is 1. The molecular weight excluding hydrogens is 487 g/mol. The highest BCUT2D eigenvalue weighted by atomic mass is 79.9. The van der Waals surface area contributed by atoms with Crippen LogP contribution in [0.1, 0.15) is 5.69 Å². The predicted molar refractivity (Wildman–Crippen MR) is 106 cm³/mol. The summed E-state index contributed by atoms with van der Waals surface area (Å²) in [4.78, 5) is 39.3. The van der Waals surface area contributed by atoms with E-state index < -0.39 is 23.1 Å². The highest BCUT2D eigenvalue weighted by Gasteiger charge is 2.35. The molecule has 1 aromatic carbocycles. The van der Waals surface area contributed by atoms with Crippen molar-refractivity contribution >= 4 is 22.2 Å². The van der Waals surface area contributed by atoms with Gasteiger partial charge in [0, 0.05) is 25.4 Å². The fourth-order valence-corrected chi connectivity index (χ4v) is 2.97. The Kier molecular flexibility index (Phi) is 6.29. The Balaban J connectivity index is 2.08. The number of ether oxygens (including phenoxy) is 2. The first kappa shape index (κ1) is 22.3. The van der Waals surface area contributed by atoms with Gasteiger partial charge in [0.15, 0.2) is 12.0 Å². The molecular formula is C19H13BrF3N3O5. The van der Waals surface area contributed by atoms with Crippen LogP contribution < -0.4 is 20.7 Å². The average Bonchev–Trinajstić information content (AvgIpc) is 2.71. The Labute approximate surface area is 180 Å². The van der Waals surface area contributed by atoms with Crippen molar-refractivity contribution in [2.75, 3.05) is 6.61 Å². The number of halogens is 4. The number of pyridine rings is 1. The van der Waals surface area contributed by atoms with Crippen LogP contribution in [0.3, 0.4) is 0 Å². The summed E-state index contributed by atoms with van der Waals surface area (Å²) in [5.41, 5.74) is -3.71. The third-order valence-electron chi connectivity index (χ3n) is 4.03. The topological polar surface area (TPSA) is 92.4 Å². The molecule has 162 valence electrons. The van der Waals surface area contributed by atoms with Crippen molar-refractivity contribution in [3.63, 3.8) is 0 Å².